The summed E-state index contributed by atoms with van der Waals surface area (Å²) in [6, 6.07) is 11.7. The molecule has 4 rings (SSSR count). The van der Waals surface area contributed by atoms with Crippen LogP contribution in [0, 0.1) is 5.92 Å². The topological polar surface area (TPSA) is 62.6 Å². The lowest BCUT2D eigenvalue weighted by molar-refractivity contribution is -0.119. The Hall–Kier alpha value is -2.82. The molecule has 2 aliphatic rings. The van der Waals surface area contributed by atoms with E-state index < -0.39 is 0 Å². The number of piperidine rings is 1. The zero-order valence-electron chi connectivity index (χ0n) is 16.4. The van der Waals surface area contributed by atoms with Crippen LogP contribution in [0.4, 0.5) is 0 Å². The third kappa shape index (κ3) is 3.75. The fourth-order valence-electron chi connectivity index (χ4n) is 4.19. The summed E-state index contributed by atoms with van der Waals surface area (Å²) in [4.78, 5) is 27.1. The SMILES string of the molecule is CC1(C)Cc2ccccc2/C(=C\C(=O)C2CCN(C(=O)c3ccco3)CC2)N1. The molecule has 0 unspecified atom stereocenters. The second kappa shape index (κ2) is 7.30. The number of hydrogen-bond acceptors (Lipinski definition) is 4. The fourth-order valence-corrected chi connectivity index (χ4v) is 4.19. The molecule has 0 atom stereocenters. The minimum Gasteiger partial charge on any atom is -0.459 e. The molecule has 5 nitrogen and oxygen atoms in total. The van der Waals surface area contributed by atoms with Gasteiger partial charge in [-0.05, 0) is 50.8 Å². The van der Waals surface area contributed by atoms with Gasteiger partial charge in [0, 0.05) is 41.9 Å². The number of nitrogens with zero attached hydrogens (tertiary/aromatic N) is 1. The molecule has 0 spiro atoms. The van der Waals surface area contributed by atoms with Crippen LogP contribution in [0.5, 0.6) is 0 Å². The van der Waals surface area contributed by atoms with Gasteiger partial charge >= 0.3 is 0 Å². The van der Waals surface area contributed by atoms with Gasteiger partial charge in [0.2, 0.25) is 0 Å². The number of hydrogen-bond donors (Lipinski definition) is 1. The summed E-state index contributed by atoms with van der Waals surface area (Å²) in [6.45, 7) is 5.46. The smallest absolute Gasteiger partial charge is 0.289 e. The van der Waals surface area contributed by atoms with Gasteiger partial charge in [-0.1, -0.05) is 24.3 Å². The van der Waals surface area contributed by atoms with Gasteiger partial charge < -0.3 is 14.6 Å². The molecule has 2 aliphatic heterocycles. The number of rotatable bonds is 3. The molecular formula is C23H26N2O3. The van der Waals surface area contributed by atoms with E-state index in [9.17, 15) is 9.59 Å². The number of amides is 1. The molecule has 28 heavy (non-hydrogen) atoms. The summed E-state index contributed by atoms with van der Waals surface area (Å²) in [5.41, 5.74) is 3.20. The lowest BCUT2D eigenvalue weighted by Gasteiger charge is -2.36. The highest BCUT2D eigenvalue weighted by molar-refractivity contribution is 5.99. The molecule has 1 amide bonds. The molecule has 0 aliphatic carbocycles. The number of benzene rings is 1. The van der Waals surface area contributed by atoms with Gasteiger partial charge in [-0.2, -0.15) is 0 Å². The number of allylic oxidation sites excluding steroid dienone is 1. The lowest BCUT2D eigenvalue weighted by atomic mass is 9.84. The van der Waals surface area contributed by atoms with Gasteiger partial charge in [-0.15, -0.1) is 0 Å². The molecular weight excluding hydrogens is 352 g/mol. The van der Waals surface area contributed by atoms with Gasteiger partial charge in [-0.25, -0.2) is 0 Å². The predicted octanol–water partition coefficient (Wildman–Crippen LogP) is 3.67. The van der Waals surface area contributed by atoms with E-state index in [1.807, 2.05) is 12.1 Å². The van der Waals surface area contributed by atoms with Crippen LogP contribution in [0.3, 0.4) is 0 Å². The Balaban J connectivity index is 1.45. The van der Waals surface area contributed by atoms with Crippen molar-refractivity contribution in [2.24, 2.45) is 5.92 Å². The van der Waals surface area contributed by atoms with E-state index in [4.69, 9.17) is 4.42 Å². The highest BCUT2D eigenvalue weighted by atomic mass is 16.3. The van der Waals surface area contributed by atoms with Crippen LogP contribution >= 0.6 is 0 Å². The molecule has 3 heterocycles. The number of carbonyl (C=O) groups excluding carboxylic acids is 2. The summed E-state index contributed by atoms with van der Waals surface area (Å²) < 4.78 is 5.20. The highest BCUT2D eigenvalue weighted by Crippen LogP contribution is 2.30. The number of likely N-dealkylation sites (tertiary alicyclic amines) is 1. The van der Waals surface area contributed by atoms with Gasteiger partial charge in [-0.3, -0.25) is 9.59 Å². The van der Waals surface area contributed by atoms with Crippen molar-refractivity contribution in [1.29, 1.82) is 0 Å². The van der Waals surface area contributed by atoms with Crippen molar-refractivity contribution in [1.82, 2.24) is 10.2 Å². The molecule has 1 saturated heterocycles. The molecule has 0 radical (unpaired) electrons. The van der Waals surface area contributed by atoms with Crippen molar-refractivity contribution < 1.29 is 14.0 Å². The zero-order chi connectivity index (χ0) is 19.7. The third-order valence-corrected chi connectivity index (χ3v) is 5.62. The largest absolute Gasteiger partial charge is 0.459 e. The first-order valence-electron chi connectivity index (χ1n) is 9.88. The molecule has 1 aromatic heterocycles. The molecule has 1 aromatic carbocycles. The van der Waals surface area contributed by atoms with E-state index in [1.54, 1.807) is 23.1 Å². The highest BCUT2D eigenvalue weighted by Gasteiger charge is 2.31. The molecule has 0 saturated carbocycles. The Labute approximate surface area is 165 Å². The maximum Gasteiger partial charge on any atom is 0.289 e. The number of ketones is 1. The summed E-state index contributed by atoms with van der Waals surface area (Å²) in [5, 5.41) is 3.53. The maximum atomic E-state index is 13.0. The average Bonchev–Trinajstić information content (AvgIpc) is 3.21. The minimum absolute atomic E-state index is 0.0489. The van der Waals surface area contributed by atoms with E-state index in [0.717, 1.165) is 17.7 Å². The van der Waals surface area contributed by atoms with Crippen molar-refractivity contribution in [3.8, 4) is 0 Å². The minimum atomic E-state index is -0.0983. The fraction of sp³-hybridized carbons (Fsp3) is 0.391. The van der Waals surface area contributed by atoms with Gasteiger partial charge in [0.15, 0.2) is 11.5 Å². The second-order valence-electron chi connectivity index (χ2n) is 8.35. The normalized spacial score (nSPS) is 20.5. The first-order valence-corrected chi connectivity index (χ1v) is 9.88. The van der Waals surface area contributed by atoms with Crippen LogP contribution in [0.2, 0.25) is 0 Å². The number of carbonyl (C=O) groups is 2. The Morgan fingerprint density at radius 3 is 2.61 bits per heavy atom. The van der Waals surface area contributed by atoms with Crippen LogP contribution in [-0.4, -0.2) is 35.2 Å². The molecule has 2 aromatic rings. The first-order chi connectivity index (χ1) is 13.4. The summed E-state index contributed by atoms with van der Waals surface area (Å²) >= 11 is 0. The molecule has 1 fully saturated rings. The standard InChI is InChI=1S/C23H26N2O3/c1-23(2)15-17-6-3-4-7-18(17)19(24-23)14-20(26)16-9-11-25(12-10-16)22(27)21-8-5-13-28-21/h3-8,13-14,16,24H,9-12,15H2,1-2H3/b19-14+. The Morgan fingerprint density at radius 1 is 1.14 bits per heavy atom. The van der Waals surface area contributed by atoms with Crippen LogP contribution < -0.4 is 5.32 Å². The van der Waals surface area contributed by atoms with Gasteiger partial charge in [0.1, 0.15) is 0 Å². The monoisotopic (exact) mass is 378 g/mol. The average molecular weight is 378 g/mol. The van der Waals surface area contributed by atoms with Crippen LogP contribution in [-0.2, 0) is 11.2 Å². The maximum absolute atomic E-state index is 13.0. The van der Waals surface area contributed by atoms with Crippen molar-refractivity contribution in [2.45, 2.75) is 38.6 Å². The molecule has 5 heteroatoms. The predicted molar refractivity (Wildman–Crippen MR) is 108 cm³/mol. The number of nitrogens with one attached hydrogen (secondary N) is 1. The van der Waals surface area contributed by atoms with E-state index in [-0.39, 0.29) is 23.1 Å². The Bertz CT molecular complexity index is 904. The first kappa shape index (κ1) is 18.5. The van der Waals surface area contributed by atoms with Gasteiger partial charge in [0.05, 0.1) is 6.26 Å². The third-order valence-electron chi connectivity index (χ3n) is 5.62. The summed E-state index contributed by atoms with van der Waals surface area (Å²) in [7, 11) is 0. The van der Waals surface area contributed by atoms with Crippen LogP contribution in [0.15, 0.2) is 53.2 Å². The quantitative estimate of drug-likeness (QED) is 0.828. The van der Waals surface area contributed by atoms with E-state index in [1.165, 1.54) is 11.8 Å². The Kier molecular flexibility index (Phi) is 4.84. The summed E-state index contributed by atoms with van der Waals surface area (Å²) in [6.07, 6.45) is 5.57. The van der Waals surface area contributed by atoms with E-state index in [0.29, 0.717) is 31.7 Å². The van der Waals surface area contributed by atoms with E-state index >= 15 is 0 Å². The van der Waals surface area contributed by atoms with Crippen LogP contribution in [0.1, 0.15) is 48.4 Å². The van der Waals surface area contributed by atoms with Crippen molar-refractivity contribution in [2.75, 3.05) is 13.1 Å². The molecule has 1 N–H and O–H groups in total. The number of fused-ring (bicyclic) bond motifs is 1. The second-order valence-corrected chi connectivity index (χ2v) is 8.35. The van der Waals surface area contributed by atoms with Crippen molar-refractivity contribution in [3.63, 3.8) is 0 Å². The van der Waals surface area contributed by atoms with Crippen molar-refractivity contribution >= 4 is 17.4 Å². The number of furan rings is 1. The Morgan fingerprint density at radius 2 is 1.89 bits per heavy atom. The molecule has 0 bridgehead atoms. The lowest BCUT2D eigenvalue weighted by Crippen LogP contribution is -2.44. The van der Waals surface area contributed by atoms with Crippen LogP contribution in [0.25, 0.3) is 5.70 Å². The zero-order valence-corrected chi connectivity index (χ0v) is 16.4. The van der Waals surface area contributed by atoms with Gasteiger partial charge in [0.25, 0.3) is 5.91 Å². The van der Waals surface area contributed by atoms with E-state index in [2.05, 4.69) is 31.3 Å². The van der Waals surface area contributed by atoms with Crippen molar-refractivity contribution in [3.05, 3.63) is 65.6 Å². The summed E-state index contributed by atoms with van der Waals surface area (Å²) in [5.74, 6) is 0.350. The molecule has 146 valence electrons.